The van der Waals surface area contributed by atoms with E-state index in [-0.39, 0.29) is 11.2 Å². The second-order valence-corrected chi connectivity index (χ2v) is 5.76. The molecule has 0 amide bonds. The molecule has 6 heteroatoms. The number of nitrogens with zero attached hydrogens (tertiary/aromatic N) is 2. The van der Waals surface area contributed by atoms with Gasteiger partial charge in [-0.05, 0) is 33.8 Å². The van der Waals surface area contributed by atoms with Crippen LogP contribution >= 0.6 is 27.3 Å². The molecule has 0 spiro atoms. The van der Waals surface area contributed by atoms with Gasteiger partial charge in [0.15, 0.2) is 0 Å². The van der Waals surface area contributed by atoms with Gasteiger partial charge in [-0.25, -0.2) is 4.79 Å². The lowest BCUT2D eigenvalue weighted by molar-refractivity contribution is 0.572. The van der Waals surface area contributed by atoms with Crippen LogP contribution in [0.4, 0.5) is 0 Å². The average Bonchev–Trinajstić information content (AvgIpc) is 2.74. The standard InChI is InChI=1S/C12H13BrN2O2S/c1-2-5-14-6-3-11(16)15(12(14)17)8-10-9(13)4-7-18-10/h3-4,6-7H,2,5,8H2,1H3. The third-order valence-corrected chi connectivity index (χ3v) is 4.51. The number of aromatic nitrogens is 2. The smallest absolute Gasteiger partial charge is 0.300 e. The summed E-state index contributed by atoms with van der Waals surface area (Å²) in [7, 11) is 0. The lowest BCUT2D eigenvalue weighted by Gasteiger charge is -2.08. The highest BCUT2D eigenvalue weighted by Gasteiger charge is 2.08. The number of hydrogen-bond acceptors (Lipinski definition) is 3. The van der Waals surface area contributed by atoms with Crippen LogP contribution in [0, 0.1) is 0 Å². The third-order valence-electron chi connectivity index (χ3n) is 2.60. The first-order chi connectivity index (χ1) is 8.63. The van der Waals surface area contributed by atoms with Gasteiger partial charge in [-0.2, -0.15) is 0 Å². The summed E-state index contributed by atoms with van der Waals surface area (Å²) in [4.78, 5) is 24.9. The minimum Gasteiger partial charge on any atom is -0.300 e. The zero-order valence-electron chi connectivity index (χ0n) is 9.93. The predicted octanol–water partition coefficient (Wildman–Crippen LogP) is 2.29. The van der Waals surface area contributed by atoms with Gasteiger partial charge in [0.2, 0.25) is 0 Å². The van der Waals surface area contributed by atoms with Crippen molar-refractivity contribution in [3.8, 4) is 0 Å². The second-order valence-electron chi connectivity index (χ2n) is 3.91. The van der Waals surface area contributed by atoms with Crippen LogP contribution in [0.2, 0.25) is 0 Å². The molecule has 2 rings (SSSR count). The Morgan fingerprint density at radius 1 is 1.33 bits per heavy atom. The predicted molar refractivity (Wildman–Crippen MR) is 76.4 cm³/mol. The first-order valence-electron chi connectivity index (χ1n) is 5.65. The fourth-order valence-electron chi connectivity index (χ4n) is 1.69. The highest BCUT2D eigenvalue weighted by Crippen LogP contribution is 2.22. The Morgan fingerprint density at radius 2 is 2.11 bits per heavy atom. The Kier molecular flexibility index (Phi) is 4.19. The van der Waals surface area contributed by atoms with Crippen molar-refractivity contribution in [2.75, 3.05) is 0 Å². The van der Waals surface area contributed by atoms with Gasteiger partial charge < -0.3 is 4.57 Å². The fraction of sp³-hybridized carbons (Fsp3) is 0.333. The van der Waals surface area contributed by atoms with E-state index in [0.29, 0.717) is 13.1 Å². The van der Waals surface area contributed by atoms with Gasteiger partial charge in [-0.3, -0.25) is 9.36 Å². The normalized spacial score (nSPS) is 10.8. The minimum atomic E-state index is -0.257. The number of thiophene rings is 1. The van der Waals surface area contributed by atoms with E-state index in [1.54, 1.807) is 10.8 Å². The molecule has 0 N–H and O–H groups in total. The van der Waals surface area contributed by atoms with Gasteiger partial charge in [-0.1, -0.05) is 6.92 Å². The molecule has 96 valence electrons. The molecule has 2 aromatic rings. The van der Waals surface area contributed by atoms with Crippen molar-refractivity contribution in [1.29, 1.82) is 0 Å². The Labute approximate surface area is 117 Å². The number of hydrogen-bond donors (Lipinski definition) is 0. The van der Waals surface area contributed by atoms with Crippen molar-refractivity contribution < 1.29 is 0 Å². The van der Waals surface area contributed by atoms with Crippen molar-refractivity contribution in [3.63, 3.8) is 0 Å². The van der Waals surface area contributed by atoms with Gasteiger partial charge in [0.05, 0.1) is 6.54 Å². The molecule has 0 aliphatic rings. The summed E-state index contributed by atoms with van der Waals surface area (Å²) < 4.78 is 3.78. The fourth-order valence-corrected chi connectivity index (χ4v) is 3.16. The van der Waals surface area contributed by atoms with E-state index in [4.69, 9.17) is 0 Å². The monoisotopic (exact) mass is 328 g/mol. The summed E-state index contributed by atoms with van der Waals surface area (Å²) in [6.07, 6.45) is 2.43. The van der Waals surface area contributed by atoms with Crippen LogP contribution in [0.5, 0.6) is 0 Å². The molecule has 0 aliphatic heterocycles. The van der Waals surface area contributed by atoms with Crippen molar-refractivity contribution >= 4 is 27.3 Å². The topological polar surface area (TPSA) is 44.0 Å². The van der Waals surface area contributed by atoms with E-state index in [9.17, 15) is 9.59 Å². The molecule has 4 nitrogen and oxygen atoms in total. The lowest BCUT2D eigenvalue weighted by atomic mass is 10.4. The van der Waals surface area contributed by atoms with Crippen LogP contribution in [-0.2, 0) is 13.1 Å². The summed E-state index contributed by atoms with van der Waals surface area (Å²) in [5.74, 6) is 0. The maximum Gasteiger partial charge on any atom is 0.331 e. The lowest BCUT2D eigenvalue weighted by Crippen LogP contribution is -2.39. The summed E-state index contributed by atoms with van der Waals surface area (Å²) in [6, 6.07) is 3.36. The summed E-state index contributed by atoms with van der Waals surface area (Å²) in [5.41, 5.74) is -0.502. The van der Waals surface area contributed by atoms with Gasteiger partial charge in [0.25, 0.3) is 5.56 Å². The summed E-state index contributed by atoms with van der Waals surface area (Å²) in [5, 5.41) is 1.93. The molecular weight excluding hydrogens is 316 g/mol. The average molecular weight is 329 g/mol. The Hall–Kier alpha value is -1.14. The van der Waals surface area contributed by atoms with Crippen LogP contribution < -0.4 is 11.2 Å². The van der Waals surface area contributed by atoms with Crippen LogP contribution in [0.3, 0.4) is 0 Å². The van der Waals surface area contributed by atoms with E-state index < -0.39 is 0 Å². The quantitative estimate of drug-likeness (QED) is 0.864. The molecule has 0 saturated heterocycles. The highest BCUT2D eigenvalue weighted by atomic mass is 79.9. The Balaban J connectivity index is 2.44. The van der Waals surface area contributed by atoms with Gasteiger partial charge >= 0.3 is 5.69 Å². The van der Waals surface area contributed by atoms with Crippen molar-refractivity contribution in [3.05, 3.63) is 53.9 Å². The van der Waals surface area contributed by atoms with Gasteiger partial charge in [0, 0.05) is 28.2 Å². The number of aryl methyl sites for hydroxylation is 1. The zero-order valence-corrected chi connectivity index (χ0v) is 12.3. The molecule has 0 bridgehead atoms. The largest absolute Gasteiger partial charge is 0.331 e. The molecule has 2 heterocycles. The molecule has 0 aromatic carbocycles. The first-order valence-corrected chi connectivity index (χ1v) is 7.33. The molecule has 2 aromatic heterocycles. The molecule has 0 radical (unpaired) electrons. The minimum absolute atomic E-state index is 0.246. The maximum atomic E-state index is 12.1. The Morgan fingerprint density at radius 3 is 2.72 bits per heavy atom. The number of rotatable bonds is 4. The van der Waals surface area contributed by atoms with E-state index >= 15 is 0 Å². The number of halogens is 1. The molecule has 0 atom stereocenters. The van der Waals surface area contributed by atoms with E-state index in [2.05, 4.69) is 15.9 Å². The molecule has 0 saturated carbocycles. The van der Waals surface area contributed by atoms with E-state index in [1.807, 2.05) is 18.4 Å². The SMILES string of the molecule is CCCn1ccc(=O)n(Cc2sccc2Br)c1=O. The molecule has 0 fully saturated rings. The van der Waals surface area contributed by atoms with Gasteiger partial charge in [0.1, 0.15) is 0 Å². The van der Waals surface area contributed by atoms with Crippen molar-refractivity contribution in [2.45, 2.75) is 26.4 Å². The van der Waals surface area contributed by atoms with Crippen LogP contribution in [0.25, 0.3) is 0 Å². The van der Waals surface area contributed by atoms with Crippen LogP contribution in [0.1, 0.15) is 18.2 Å². The molecule has 0 aliphatic carbocycles. The van der Waals surface area contributed by atoms with Crippen molar-refractivity contribution in [1.82, 2.24) is 9.13 Å². The van der Waals surface area contributed by atoms with Crippen molar-refractivity contribution in [2.24, 2.45) is 0 Å². The van der Waals surface area contributed by atoms with Crippen LogP contribution in [0.15, 0.2) is 37.8 Å². The second kappa shape index (κ2) is 5.67. The van der Waals surface area contributed by atoms with Gasteiger partial charge in [-0.15, -0.1) is 11.3 Å². The first kappa shape index (κ1) is 13.3. The summed E-state index contributed by atoms with van der Waals surface area (Å²) >= 11 is 4.93. The molecule has 18 heavy (non-hydrogen) atoms. The summed E-state index contributed by atoms with van der Waals surface area (Å²) in [6.45, 7) is 2.95. The molecule has 0 unspecified atom stereocenters. The zero-order chi connectivity index (χ0) is 13.1. The maximum absolute atomic E-state index is 12.1. The third kappa shape index (κ3) is 2.64. The molecular formula is C12H13BrN2O2S. The van der Waals surface area contributed by atoms with Crippen LogP contribution in [-0.4, -0.2) is 9.13 Å². The Bertz CT molecular complexity index is 657. The van der Waals surface area contributed by atoms with E-state index in [0.717, 1.165) is 15.8 Å². The van der Waals surface area contributed by atoms with E-state index in [1.165, 1.54) is 22.0 Å². The highest BCUT2D eigenvalue weighted by molar-refractivity contribution is 9.10.